The van der Waals surface area contributed by atoms with Gasteiger partial charge >= 0.3 is 5.97 Å². The lowest BCUT2D eigenvalue weighted by Crippen LogP contribution is -2.04. The monoisotopic (exact) mass is 524 g/mol. The van der Waals surface area contributed by atoms with Gasteiger partial charge in [-0.25, -0.2) is 4.98 Å². The van der Waals surface area contributed by atoms with Gasteiger partial charge in [0.1, 0.15) is 5.01 Å². The van der Waals surface area contributed by atoms with Crippen molar-refractivity contribution < 1.29 is 9.90 Å². The Morgan fingerprint density at radius 3 is 2.65 bits per heavy atom. The molecular formula is C29H21ClN4O2S. The Morgan fingerprint density at radius 1 is 1.05 bits per heavy atom. The maximum atomic E-state index is 11.7. The quantitative estimate of drug-likeness (QED) is 0.244. The summed E-state index contributed by atoms with van der Waals surface area (Å²) in [5.74, 6) is -0.869. The Kier molecular flexibility index (Phi) is 5.74. The number of H-pyrrole nitrogens is 1. The van der Waals surface area contributed by atoms with Crippen LogP contribution in [0.3, 0.4) is 0 Å². The first kappa shape index (κ1) is 23.3. The highest BCUT2D eigenvalue weighted by Gasteiger charge is 2.20. The van der Waals surface area contributed by atoms with Gasteiger partial charge in [0.15, 0.2) is 0 Å². The molecule has 182 valence electrons. The lowest BCUT2D eigenvalue weighted by atomic mass is 9.93. The Labute approximate surface area is 221 Å². The number of halogens is 1. The van der Waals surface area contributed by atoms with Gasteiger partial charge in [-0.15, -0.1) is 11.3 Å². The molecule has 2 N–H and O–H groups in total. The molecule has 0 saturated heterocycles. The van der Waals surface area contributed by atoms with E-state index in [9.17, 15) is 9.90 Å². The van der Waals surface area contributed by atoms with Crippen LogP contribution in [0.4, 0.5) is 0 Å². The van der Waals surface area contributed by atoms with Gasteiger partial charge < -0.3 is 5.11 Å². The van der Waals surface area contributed by atoms with Gasteiger partial charge in [-0.2, -0.15) is 5.10 Å². The topological polar surface area (TPSA) is 91.8 Å². The summed E-state index contributed by atoms with van der Waals surface area (Å²) in [4.78, 5) is 21.4. The van der Waals surface area contributed by atoms with Crippen LogP contribution in [0.2, 0.25) is 5.02 Å². The molecule has 0 aliphatic carbocycles. The summed E-state index contributed by atoms with van der Waals surface area (Å²) in [5.41, 5.74) is 9.30. The third-order valence-electron chi connectivity index (χ3n) is 6.65. The predicted octanol–water partition coefficient (Wildman–Crippen LogP) is 7.47. The molecule has 3 heterocycles. The molecule has 37 heavy (non-hydrogen) atoms. The van der Waals surface area contributed by atoms with Gasteiger partial charge in [-0.05, 0) is 72.5 Å². The first-order valence-corrected chi connectivity index (χ1v) is 12.9. The highest BCUT2D eigenvalue weighted by atomic mass is 35.5. The highest BCUT2D eigenvalue weighted by Crippen LogP contribution is 2.41. The second kappa shape index (κ2) is 9.10. The van der Waals surface area contributed by atoms with Gasteiger partial charge in [-0.3, -0.25) is 14.9 Å². The fourth-order valence-electron chi connectivity index (χ4n) is 4.81. The lowest BCUT2D eigenvalue weighted by molar-refractivity contribution is -0.136. The molecule has 6 nitrogen and oxygen atoms in total. The van der Waals surface area contributed by atoms with Crippen molar-refractivity contribution in [3.05, 3.63) is 88.7 Å². The molecule has 0 fully saturated rings. The van der Waals surface area contributed by atoms with Gasteiger partial charge in [0.25, 0.3) is 0 Å². The number of carbonyl (C=O) groups is 1. The number of hydrogen-bond donors (Lipinski definition) is 2. The second-order valence-electron chi connectivity index (χ2n) is 8.99. The third kappa shape index (κ3) is 4.16. The summed E-state index contributed by atoms with van der Waals surface area (Å²) < 4.78 is 0.952. The van der Waals surface area contributed by atoms with Crippen molar-refractivity contribution in [2.24, 2.45) is 0 Å². The van der Waals surface area contributed by atoms with Crippen molar-refractivity contribution in [2.45, 2.75) is 20.3 Å². The van der Waals surface area contributed by atoms with E-state index < -0.39 is 5.97 Å². The molecule has 0 aliphatic heterocycles. The van der Waals surface area contributed by atoms with Crippen molar-refractivity contribution in [2.75, 3.05) is 0 Å². The van der Waals surface area contributed by atoms with Crippen molar-refractivity contribution >= 4 is 50.0 Å². The number of aromatic nitrogens is 4. The van der Waals surface area contributed by atoms with Crippen molar-refractivity contribution in [3.8, 4) is 33.0 Å². The van der Waals surface area contributed by atoms with E-state index in [4.69, 9.17) is 16.6 Å². The predicted molar refractivity (Wildman–Crippen MR) is 149 cm³/mol. The SMILES string of the molecule is Cc1cc2nc(-c3ccnc(-c4ccc5[nH]ncc5c4C)c3)sc2c(-c2ccc(Cl)cc2)c1CC(=O)O. The van der Waals surface area contributed by atoms with E-state index in [1.54, 1.807) is 17.5 Å². The van der Waals surface area contributed by atoms with Crippen LogP contribution in [-0.4, -0.2) is 31.2 Å². The minimum atomic E-state index is -0.869. The summed E-state index contributed by atoms with van der Waals surface area (Å²) >= 11 is 7.70. The van der Waals surface area contributed by atoms with Gasteiger partial charge in [0.05, 0.1) is 34.0 Å². The number of aromatic amines is 1. The van der Waals surface area contributed by atoms with Crippen LogP contribution in [0.15, 0.2) is 67.0 Å². The number of hydrogen-bond acceptors (Lipinski definition) is 5. The Balaban J connectivity index is 1.52. The number of rotatable bonds is 5. The third-order valence-corrected chi connectivity index (χ3v) is 8.04. The molecule has 8 heteroatoms. The Bertz CT molecular complexity index is 1820. The number of aliphatic carboxylic acids is 1. The van der Waals surface area contributed by atoms with E-state index in [1.165, 1.54) is 0 Å². The fourth-order valence-corrected chi connectivity index (χ4v) is 6.07. The van der Waals surface area contributed by atoms with Crippen LogP contribution in [0, 0.1) is 13.8 Å². The number of pyridine rings is 1. The molecule has 0 aliphatic rings. The van der Waals surface area contributed by atoms with Crippen molar-refractivity contribution in [3.63, 3.8) is 0 Å². The highest BCUT2D eigenvalue weighted by molar-refractivity contribution is 7.22. The number of nitrogens with zero attached hydrogens (tertiary/aromatic N) is 3. The van der Waals surface area contributed by atoms with Gasteiger partial charge in [0.2, 0.25) is 0 Å². The molecule has 0 amide bonds. The number of thiazole rings is 1. The molecule has 3 aromatic carbocycles. The van der Waals surface area contributed by atoms with Gasteiger partial charge in [0, 0.05) is 33.3 Å². The van der Waals surface area contributed by atoms with E-state index in [2.05, 4.69) is 34.2 Å². The minimum Gasteiger partial charge on any atom is -0.481 e. The standard InChI is InChI=1S/C29H21ClN4O2S/c1-15-11-25-28(27(21(15)13-26(35)36)17-3-5-19(30)6-4-17)37-29(33-25)18-9-10-31-24(12-18)20-7-8-23-22(16(20)2)14-32-34-23/h3-12,14H,13H2,1-2H3,(H,32,34)(H,35,36). The summed E-state index contributed by atoms with van der Waals surface area (Å²) in [6.45, 7) is 4.01. The van der Waals surface area contributed by atoms with E-state index >= 15 is 0 Å². The summed E-state index contributed by atoms with van der Waals surface area (Å²) in [6, 6.07) is 17.6. The first-order valence-electron chi connectivity index (χ1n) is 11.7. The minimum absolute atomic E-state index is 0.0673. The molecule has 0 bridgehead atoms. The largest absolute Gasteiger partial charge is 0.481 e. The first-order chi connectivity index (χ1) is 17.9. The number of fused-ring (bicyclic) bond motifs is 2. The van der Waals surface area contributed by atoms with Crippen LogP contribution in [0.25, 0.3) is 54.1 Å². The van der Waals surface area contributed by atoms with E-state index in [-0.39, 0.29) is 6.42 Å². The molecule has 0 unspecified atom stereocenters. The number of benzene rings is 3. The zero-order valence-electron chi connectivity index (χ0n) is 20.0. The maximum Gasteiger partial charge on any atom is 0.307 e. The summed E-state index contributed by atoms with van der Waals surface area (Å²) in [6.07, 6.45) is 3.57. The Morgan fingerprint density at radius 2 is 1.86 bits per heavy atom. The molecule has 0 saturated carbocycles. The number of nitrogens with one attached hydrogen (secondary N) is 1. The Hall–Kier alpha value is -4.07. The van der Waals surface area contributed by atoms with E-state index in [0.29, 0.717) is 5.02 Å². The molecule has 3 aromatic heterocycles. The second-order valence-corrected chi connectivity index (χ2v) is 10.4. The molecule has 0 spiro atoms. The van der Waals surface area contributed by atoms with E-state index in [1.807, 2.05) is 55.6 Å². The molecule has 0 atom stereocenters. The van der Waals surface area contributed by atoms with Crippen LogP contribution in [0.5, 0.6) is 0 Å². The summed E-state index contributed by atoms with van der Waals surface area (Å²) in [7, 11) is 0. The van der Waals surface area contributed by atoms with Crippen LogP contribution in [0.1, 0.15) is 16.7 Å². The zero-order chi connectivity index (χ0) is 25.7. The molecule has 6 rings (SSSR count). The lowest BCUT2D eigenvalue weighted by Gasteiger charge is -2.13. The maximum absolute atomic E-state index is 11.7. The number of carboxylic acid groups (broad SMARTS) is 1. The van der Waals surface area contributed by atoms with Crippen LogP contribution < -0.4 is 0 Å². The fraction of sp³-hybridized carbons (Fsp3) is 0.103. The average Bonchev–Trinajstić information content (AvgIpc) is 3.53. The van der Waals surface area contributed by atoms with Crippen molar-refractivity contribution in [1.82, 2.24) is 20.2 Å². The molecular weight excluding hydrogens is 504 g/mol. The summed E-state index contributed by atoms with van der Waals surface area (Å²) in [5, 5.41) is 19.3. The molecule has 6 aromatic rings. The number of aryl methyl sites for hydroxylation is 2. The van der Waals surface area contributed by atoms with E-state index in [0.717, 1.165) is 70.8 Å². The van der Waals surface area contributed by atoms with Crippen LogP contribution in [-0.2, 0) is 11.2 Å². The van der Waals surface area contributed by atoms with Crippen molar-refractivity contribution in [1.29, 1.82) is 0 Å². The zero-order valence-corrected chi connectivity index (χ0v) is 21.6. The van der Waals surface area contributed by atoms with Gasteiger partial charge in [-0.1, -0.05) is 29.8 Å². The number of carboxylic acids is 1. The molecule has 0 radical (unpaired) electrons. The average molecular weight is 525 g/mol. The normalized spacial score (nSPS) is 11.4. The smallest absolute Gasteiger partial charge is 0.307 e. The van der Waals surface area contributed by atoms with Crippen LogP contribution >= 0.6 is 22.9 Å².